The SMILES string of the molecule is C[C@@H]1CC[C@@]2(OC1)O[C@H]1C[C@@H]3[C@@H]4CC[C@H]5C[C@@H](O[C@@H]6O[C@H](CO)[C@H](O[C@@H]7O[C@H](CO)[C@@H](O)[C@H](O[C@@H]8O[C@H](CO)[C@@H](O[C@@H]9O[C@@H](C)[C@H](O)[C@@H](O)[C@H]9O)[C@H](O)[C@H]8O)[C@H]7O[C@@H]7O[C@H](CO)[C@@H](O)[C@H](O[C@@H]8O[C@H](CO)[C@@H](O)[C@H](O)[C@H]8O)[C@H]7O)[C@H](O)[C@H]6O)CC[C@]5(C)[C@H]4CC(=O)[C@]3(C)[C@H]1[C@@H]2C. The van der Waals surface area contributed by atoms with Crippen molar-refractivity contribution in [1.82, 2.24) is 0 Å². The van der Waals surface area contributed by atoms with E-state index in [-0.39, 0.29) is 46.9 Å². The summed E-state index contributed by atoms with van der Waals surface area (Å²) in [5.74, 6) is 0.886. The molecule has 8 saturated heterocycles. The van der Waals surface area contributed by atoms with Gasteiger partial charge in [-0.05, 0) is 86.9 Å². The van der Waals surface area contributed by atoms with E-state index in [0.717, 1.165) is 32.1 Å². The molecule has 0 radical (unpaired) electrons. The Labute approximate surface area is 553 Å². The van der Waals surface area contributed by atoms with Gasteiger partial charge in [-0.15, -0.1) is 0 Å². The smallest absolute Gasteiger partial charge is 0.187 e. The maximum absolute atomic E-state index is 14.9. The van der Waals surface area contributed by atoms with Crippen molar-refractivity contribution in [1.29, 1.82) is 0 Å². The highest BCUT2D eigenvalue weighted by Crippen LogP contribution is 2.70. The molecule has 96 heavy (non-hydrogen) atoms. The maximum atomic E-state index is 14.9. The van der Waals surface area contributed by atoms with Crippen LogP contribution in [0.2, 0.25) is 0 Å². The van der Waals surface area contributed by atoms with Crippen LogP contribution >= 0.6 is 0 Å². The first-order chi connectivity index (χ1) is 45.6. The van der Waals surface area contributed by atoms with E-state index < -0.39 is 235 Å². The van der Waals surface area contributed by atoms with Gasteiger partial charge in [0.1, 0.15) is 146 Å². The molecule has 8 aliphatic heterocycles. The summed E-state index contributed by atoms with van der Waals surface area (Å²) >= 11 is 0. The molecule has 0 amide bonds. The van der Waals surface area contributed by atoms with E-state index >= 15 is 0 Å². The van der Waals surface area contributed by atoms with E-state index in [1.54, 1.807) is 0 Å². The summed E-state index contributed by atoms with van der Waals surface area (Å²) < 4.78 is 85.4. The van der Waals surface area contributed by atoms with Crippen molar-refractivity contribution in [3.05, 3.63) is 0 Å². The molecule has 12 rings (SSSR count). The van der Waals surface area contributed by atoms with Gasteiger partial charge in [-0.25, -0.2) is 0 Å². The van der Waals surface area contributed by atoms with Crippen LogP contribution < -0.4 is 0 Å². The quantitative estimate of drug-likeness (QED) is 0.0602. The molecule has 0 bridgehead atoms. The lowest BCUT2D eigenvalue weighted by atomic mass is 9.44. The minimum Gasteiger partial charge on any atom is -0.394 e. The molecular formula is C63H102O33. The summed E-state index contributed by atoms with van der Waals surface area (Å²) in [6, 6.07) is 0. The third-order valence-corrected chi connectivity index (χ3v) is 24.5. The number of aliphatic hydroxyl groups excluding tert-OH is 18. The van der Waals surface area contributed by atoms with Crippen molar-refractivity contribution in [3.8, 4) is 0 Å². The Kier molecular flexibility index (Phi) is 22.5. The van der Waals surface area contributed by atoms with Crippen LogP contribution in [0.25, 0.3) is 0 Å². The summed E-state index contributed by atoms with van der Waals surface area (Å²) in [7, 11) is 0. The lowest BCUT2D eigenvalue weighted by Crippen LogP contribution is -2.69. The van der Waals surface area contributed by atoms with Crippen molar-refractivity contribution in [2.24, 2.45) is 52.3 Å². The molecule has 12 aliphatic rings. The van der Waals surface area contributed by atoms with Crippen LogP contribution in [-0.4, -0.2) is 340 Å². The summed E-state index contributed by atoms with van der Waals surface area (Å²) in [4.78, 5) is 14.9. The predicted molar refractivity (Wildman–Crippen MR) is 313 cm³/mol. The van der Waals surface area contributed by atoms with Crippen LogP contribution in [0.3, 0.4) is 0 Å². The van der Waals surface area contributed by atoms with Crippen molar-refractivity contribution < 1.29 is 163 Å². The van der Waals surface area contributed by atoms with E-state index in [1.165, 1.54) is 6.92 Å². The Hall–Kier alpha value is -1.61. The Balaban J connectivity index is 0.766. The zero-order valence-corrected chi connectivity index (χ0v) is 54.3. The molecule has 0 aromatic carbocycles. The second-order valence-corrected chi connectivity index (χ2v) is 29.8. The van der Waals surface area contributed by atoms with E-state index in [2.05, 4.69) is 27.7 Å². The molecule has 33 nitrogen and oxygen atoms in total. The lowest BCUT2D eigenvalue weighted by Gasteiger charge is -2.60. The highest BCUT2D eigenvalue weighted by atomic mass is 16.8. The molecule has 552 valence electrons. The van der Waals surface area contributed by atoms with Gasteiger partial charge >= 0.3 is 0 Å². The highest BCUT2D eigenvalue weighted by Gasteiger charge is 2.72. The van der Waals surface area contributed by atoms with Gasteiger partial charge in [0.05, 0.1) is 58.0 Å². The van der Waals surface area contributed by atoms with E-state index in [4.69, 9.17) is 66.3 Å². The van der Waals surface area contributed by atoms with Gasteiger partial charge in [-0.1, -0.05) is 27.7 Å². The van der Waals surface area contributed by atoms with Crippen LogP contribution in [0, 0.1) is 52.3 Å². The molecule has 0 aromatic heterocycles. The Morgan fingerprint density at radius 3 is 1.50 bits per heavy atom. The standard InChI is InChI=1S/C63H102O33/c1-21-8-11-63(83-20-21)22(2)36-29(96-63)13-28-26-7-6-24-12-25(9-10-61(24,4)27(26)14-35(69)62(28,36)5)85-56-47(80)43(76)51(34(19-68)89-56)92-60-54(95-59-49(82)52(39(72)31(16-65)87-59)93-57-46(79)42(75)38(71)30(15-64)86-57)53(40(73)32(17-66)88-60)94-58-48(81)44(77)50(33(18-67)90-58)91-55-45(78)41(74)37(70)23(3)84-55/h21-34,36-60,64-68,70-82H,6-20H2,1-5H3/t21-,22+,23+,24+,25+,26-,27+,28-,29+,30-,31-,32-,33-,34-,36+,37+,38-,39-,40-,41-,42+,43-,44-,45-,46-,47-,48-,49-,50-,51+,52+,53+,54-,55+,56-,57+,58+,59+,60+,61+,62-,63-/m1/s1. The largest absolute Gasteiger partial charge is 0.394 e. The topological polar surface area (TPSA) is 510 Å². The van der Waals surface area contributed by atoms with Crippen LogP contribution in [0.5, 0.6) is 0 Å². The van der Waals surface area contributed by atoms with E-state index in [9.17, 15) is 96.7 Å². The zero-order chi connectivity index (χ0) is 69.1. The third-order valence-electron chi connectivity index (χ3n) is 24.5. The van der Waals surface area contributed by atoms with Gasteiger partial charge in [0, 0.05) is 30.1 Å². The number of rotatable bonds is 17. The molecule has 1 spiro atoms. The van der Waals surface area contributed by atoms with E-state index in [1.807, 2.05) is 0 Å². The van der Waals surface area contributed by atoms with Gasteiger partial charge in [0.15, 0.2) is 43.5 Å². The number of carbonyl (C=O) groups excluding carboxylic acids is 1. The summed E-state index contributed by atoms with van der Waals surface area (Å²) in [6.45, 7) is 5.87. The molecule has 33 heteroatoms. The van der Waals surface area contributed by atoms with Gasteiger partial charge in [0.25, 0.3) is 0 Å². The second-order valence-electron chi connectivity index (χ2n) is 29.8. The zero-order valence-electron chi connectivity index (χ0n) is 54.3. The van der Waals surface area contributed by atoms with E-state index in [0.29, 0.717) is 44.1 Å². The lowest BCUT2D eigenvalue weighted by molar-refractivity contribution is -0.414. The number of carbonyl (C=O) groups is 1. The summed E-state index contributed by atoms with van der Waals surface area (Å²) in [5, 5.41) is 199. The molecule has 8 heterocycles. The first-order valence-corrected chi connectivity index (χ1v) is 34.2. The van der Waals surface area contributed by atoms with Gasteiger partial charge in [-0.3, -0.25) is 4.79 Å². The number of Topliss-reactive ketones (excluding diaryl/α,β-unsaturated/α-hetero) is 1. The Bertz CT molecular complexity index is 2590. The maximum Gasteiger partial charge on any atom is 0.187 e. The van der Waals surface area contributed by atoms with Gasteiger partial charge in [0.2, 0.25) is 0 Å². The average molecular weight is 1390 g/mol. The molecule has 0 aromatic rings. The fourth-order valence-electron chi connectivity index (χ4n) is 18.7. The van der Waals surface area contributed by atoms with Crippen molar-refractivity contribution in [2.45, 2.75) is 295 Å². The fraction of sp³-hybridized carbons (Fsp3) is 0.984. The Morgan fingerprint density at radius 2 is 0.917 bits per heavy atom. The number of hydrogen-bond acceptors (Lipinski definition) is 33. The predicted octanol–water partition coefficient (Wildman–Crippen LogP) is -7.05. The minimum absolute atomic E-state index is 0.0599. The monoisotopic (exact) mass is 1390 g/mol. The number of hydrogen-bond donors (Lipinski definition) is 18. The molecule has 4 aliphatic carbocycles. The third kappa shape index (κ3) is 12.9. The minimum atomic E-state index is -2.29. The van der Waals surface area contributed by atoms with Gasteiger partial charge < -0.3 is 158 Å². The number of aliphatic hydroxyl groups is 18. The average Bonchev–Trinajstić information content (AvgIpc) is 1.50. The molecule has 0 unspecified atom stereocenters. The first-order valence-electron chi connectivity index (χ1n) is 34.2. The second kappa shape index (κ2) is 29.1. The van der Waals surface area contributed by atoms with Gasteiger partial charge in [-0.2, -0.15) is 0 Å². The number of ketones is 1. The van der Waals surface area contributed by atoms with Crippen molar-refractivity contribution in [2.75, 3.05) is 39.6 Å². The summed E-state index contributed by atoms with van der Waals surface area (Å²) in [5.41, 5.74) is -0.770. The number of ether oxygens (including phenoxy) is 14. The molecule has 4 saturated carbocycles. The molecule has 18 N–H and O–H groups in total. The molecular weight excluding hydrogens is 1280 g/mol. The summed E-state index contributed by atoms with van der Waals surface area (Å²) in [6.07, 6.45) is -51.5. The first kappa shape index (κ1) is 74.1. The van der Waals surface area contributed by atoms with Crippen LogP contribution in [0.1, 0.15) is 92.4 Å². The van der Waals surface area contributed by atoms with Crippen LogP contribution in [0.15, 0.2) is 0 Å². The molecule has 12 fully saturated rings. The fourth-order valence-corrected chi connectivity index (χ4v) is 18.7. The highest BCUT2D eigenvalue weighted by molar-refractivity contribution is 5.87. The van der Waals surface area contributed by atoms with Crippen LogP contribution in [0.4, 0.5) is 0 Å². The Morgan fingerprint density at radius 1 is 0.438 bits per heavy atom. The number of fused-ring (bicyclic) bond motifs is 7. The van der Waals surface area contributed by atoms with Crippen LogP contribution in [-0.2, 0) is 71.1 Å². The van der Waals surface area contributed by atoms with Crippen molar-refractivity contribution >= 4 is 5.78 Å². The van der Waals surface area contributed by atoms with Crippen molar-refractivity contribution in [3.63, 3.8) is 0 Å². The molecule has 42 atom stereocenters. The normalized spacial score (nSPS) is 56.9.